The summed E-state index contributed by atoms with van der Waals surface area (Å²) in [6, 6.07) is 6.13. The second-order valence-electron chi connectivity index (χ2n) is 5.19. The first-order valence-electron chi connectivity index (χ1n) is 7.09. The molecule has 1 aromatic rings. The van der Waals surface area contributed by atoms with Gasteiger partial charge in [-0.2, -0.15) is 4.31 Å². The standard InChI is InChI=1S/C14H21N3O3S/c1-2-14(18)16-12-5-7-13(8-6-12)21(19,20)17-9-3-4-11(15)10-17/h5-8,11H,2-4,9-10,15H2,1H3,(H,16,18). The molecule has 0 bridgehead atoms. The Morgan fingerprint density at radius 2 is 2.05 bits per heavy atom. The van der Waals surface area contributed by atoms with Gasteiger partial charge in [0.15, 0.2) is 0 Å². The molecule has 116 valence electrons. The van der Waals surface area contributed by atoms with E-state index in [0.717, 1.165) is 12.8 Å². The van der Waals surface area contributed by atoms with Crippen LogP contribution in [0.3, 0.4) is 0 Å². The summed E-state index contributed by atoms with van der Waals surface area (Å²) in [5, 5.41) is 2.69. The van der Waals surface area contributed by atoms with Crippen molar-refractivity contribution in [1.82, 2.24) is 4.31 Å². The predicted molar refractivity (Wildman–Crippen MR) is 81.3 cm³/mol. The van der Waals surface area contributed by atoms with Crippen molar-refractivity contribution < 1.29 is 13.2 Å². The first-order valence-corrected chi connectivity index (χ1v) is 8.53. The van der Waals surface area contributed by atoms with Gasteiger partial charge in [0, 0.05) is 31.2 Å². The minimum atomic E-state index is -3.51. The summed E-state index contributed by atoms with van der Waals surface area (Å²) in [6.07, 6.45) is 2.02. The molecule has 2 rings (SSSR count). The number of piperidine rings is 1. The Morgan fingerprint density at radius 1 is 1.38 bits per heavy atom. The van der Waals surface area contributed by atoms with E-state index in [-0.39, 0.29) is 16.8 Å². The smallest absolute Gasteiger partial charge is 0.243 e. The number of carbonyl (C=O) groups excluding carboxylic acids is 1. The number of hydrogen-bond acceptors (Lipinski definition) is 4. The Kier molecular flexibility index (Phi) is 4.97. The number of rotatable bonds is 4. The lowest BCUT2D eigenvalue weighted by Crippen LogP contribution is -2.45. The van der Waals surface area contributed by atoms with Gasteiger partial charge in [-0.15, -0.1) is 0 Å². The number of hydrogen-bond donors (Lipinski definition) is 2. The summed E-state index contributed by atoms with van der Waals surface area (Å²) < 4.78 is 26.4. The monoisotopic (exact) mass is 311 g/mol. The average Bonchev–Trinajstić information content (AvgIpc) is 2.47. The van der Waals surface area contributed by atoms with Gasteiger partial charge in [-0.05, 0) is 37.1 Å². The molecule has 7 heteroatoms. The van der Waals surface area contributed by atoms with E-state index in [0.29, 0.717) is 25.2 Å². The summed E-state index contributed by atoms with van der Waals surface area (Å²) in [4.78, 5) is 11.5. The summed E-state index contributed by atoms with van der Waals surface area (Å²) in [5.41, 5.74) is 6.43. The first kappa shape index (κ1) is 15.9. The molecule has 1 aromatic carbocycles. The van der Waals surface area contributed by atoms with Crippen molar-refractivity contribution in [3.8, 4) is 0 Å². The van der Waals surface area contributed by atoms with Crippen molar-refractivity contribution in [2.45, 2.75) is 37.1 Å². The molecule has 1 fully saturated rings. The molecule has 0 saturated carbocycles. The van der Waals surface area contributed by atoms with Gasteiger partial charge in [-0.1, -0.05) is 6.92 Å². The summed E-state index contributed by atoms with van der Waals surface area (Å²) in [5.74, 6) is -0.104. The van der Waals surface area contributed by atoms with Gasteiger partial charge in [0.05, 0.1) is 4.90 Å². The maximum Gasteiger partial charge on any atom is 0.243 e. The molecule has 21 heavy (non-hydrogen) atoms. The zero-order valence-corrected chi connectivity index (χ0v) is 12.9. The predicted octanol–water partition coefficient (Wildman–Crippen LogP) is 1.15. The number of anilines is 1. The molecule has 1 atom stereocenters. The van der Waals surface area contributed by atoms with Crippen LogP contribution in [0.25, 0.3) is 0 Å². The molecule has 1 heterocycles. The maximum absolute atomic E-state index is 12.5. The maximum atomic E-state index is 12.5. The number of nitrogens with zero attached hydrogens (tertiary/aromatic N) is 1. The zero-order valence-electron chi connectivity index (χ0n) is 12.1. The highest BCUT2D eigenvalue weighted by atomic mass is 32.2. The van der Waals surface area contributed by atoms with Gasteiger partial charge >= 0.3 is 0 Å². The van der Waals surface area contributed by atoms with E-state index in [9.17, 15) is 13.2 Å². The van der Waals surface area contributed by atoms with E-state index in [2.05, 4.69) is 5.32 Å². The molecule has 1 amide bonds. The molecule has 1 unspecified atom stereocenters. The molecular weight excluding hydrogens is 290 g/mol. The van der Waals surface area contributed by atoms with Gasteiger partial charge in [0.1, 0.15) is 0 Å². The lowest BCUT2D eigenvalue weighted by atomic mass is 10.1. The Bertz CT molecular complexity index is 598. The molecule has 0 radical (unpaired) electrons. The highest BCUT2D eigenvalue weighted by Gasteiger charge is 2.28. The molecule has 6 nitrogen and oxygen atoms in total. The largest absolute Gasteiger partial charge is 0.327 e. The Hall–Kier alpha value is -1.44. The molecule has 0 spiro atoms. The van der Waals surface area contributed by atoms with Crippen LogP contribution in [-0.4, -0.2) is 37.8 Å². The van der Waals surface area contributed by atoms with E-state index in [4.69, 9.17) is 5.73 Å². The Labute approximate surface area is 125 Å². The minimum Gasteiger partial charge on any atom is -0.327 e. The number of amides is 1. The second-order valence-corrected chi connectivity index (χ2v) is 7.13. The summed E-state index contributed by atoms with van der Waals surface area (Å²) >= 11 is 0. The molecule has 0 aromatic heterocycles. The van der Waals surface area contributed by atoms with Crippen LogP contribution in [0.1, 0.15) is 26.2 Å². The number of carbonyl (C=O) groups is 1. The van der Waals surface area contributed by atoms with Crippen LogP contribution in [0.5, 0.6) is 0 Å². The fourth-order valence-corrected chi connectivity index (χ4v) is 3.84. The SMILES string of the molecule is CCC(=O)Nc1ccc(S(=O)(=O)N2CCCC(N)C2)cc1. The van der Waals surface area contributed by atoms with E-state index in [1.165, 1.54) is 16.4 Å². The van der Waals surface area contributed by atoms with Gasteiger partial charge in [0.25, 0.3) is 0 Å². The average molecular weight is 311 g/mol. The van der Waals surface area contributed by atoms with E-state index >= 15 is 0 Å². The molecule has 3 N–H and O–H groups in total. The normalized spacial score (nSPS) is 20.2. The fraction of sp³-hybridized carbons (Fsp3) is 0.500. The van der Waals surface area contributed by atoms with Crippen LogP contribution in [0.4, 0.5) is 5.69 Å². The Balaban J connectivity index is 2.15. The number of nitrogens with two attached hydrogens (primary N) is 1. The molecule has 1 aliphatic rings. The number of benzene rings is 1. The number of nitrogens with one attached hydrogen (secondary N) is 1. The minimum absolute atomic E-state index is 0.100. The van der Waals surface area contributed by atoms with Crippen molar-refractivity contribution in [2.75, 3.05) is 18.4 Å². The van der Waals surface area contributed by atoms with Gasteiger partial charge in [0.2, 0.25) is 15.9 Å². The van der Waals surface area contributed by atoms with Crippen molar-refractivity contribution in [1.29, 1.82) is 0 Å². The van der Waals surface area contributed by atoms with Gasteiger partial charge in [-0.3, -0.25) is 4.79 Å². The van der Waals surface area contributed by atoms with Crippen molar-refractivity contribution in [3.63, 3.8) is 0 Å². The van der Waals surface area contributed by atoms with Crippen molar-refractivity contribution in [3.05, 3.63) is 24.3 Å². The molecule has 1 saturated heterocycles. The molecular formula is C14H21N3O3S. The van der Waals surface area contributed by atoms with Crippen molar-refractivity contribution in [2.24, 2.45) is 5.73 Å². The third kappa shape index (κ3) is 3.81. The summed E-state index contributed by atoms with van der Waals surface area (Å²) in [7, 11) is -3.51. The third-order valence-electron chi connectivity index (χ3n) is 3.52. The van der Waals surface area contributed by atoms with Crippen LogP contribution in [0.2, 0.25) is 0 Å². The van der Waals surface area contributed by atoms with Crippen molar-refractivity contribution >= 4 is 21.6 Å². The van der Waals surface area contributed by atoms with Crippen LogP contribution in [0, 0.1) is 0 Å². The summed E-state index contributed by atoms with van der Waals surface area (Å²) in [6.45, 7) is 2.62. The van der Waals surface area contributed by atoms with Crippen LogP contribution >= 0.6 is 0 Å². The molecule has 1 aliphatic heterocycles. The third-order valence-corrected chi connectivity index (χ3v) is 5.40. The van der Waals surface area contributed by atoms with Gasteiger partial charge in [-0.25, -0.2) is 8.42 Å². The van der Waals surface area contributed by atoms with E-state index < -0.39 is 10.0 Å². The molecule has 0 aliphatic carbocycles. The zero-order chi connectivity index (χ0) is 15.5. The number of sulfonamides is 1. The van der Waals surface area contributed by atoms with Gasteiger partial charge < -0.3 is 11.1 Å². The van der Waals surface area contributed by atoms with E-state index in [1.807, 2.05) is 0 Å². The Morgan fingerprint density at radius 3 is 2.62 bits per heavy atom. The second kappa shape index (κ2) is 6.55. The van der Waals surface area contributed by atoms with Crippen LogP contribution < -0.4 is 11.1 Å². The van der Waals surface area contributed by atoms with E-state index in [1.54, 1.807) is 19.1 Å². The topological polar surface area (TPSA) is 92.5 Å². The highest BCUT2D eigenvalue weighted by Crippen LogP contribution is 2.21. The van der Waals surface area contributed by atoms with Crippen LogP contribution in [0.15, 0.2) is 29.2 Å². The lowest BCUT2D eigenvalue weighted by molar-refractivity contribution is -0.115. The van der Waals surface area contributed by atoms with Crippen LogP contribution in [-0.2, 0) is 14.8 Å². The fourth-order valence-electron chi connectivity index (χ4n) is 2.30. The highest BCUT2D eigenvalue weighted by molar-refractivity contribution is 7.89. The quantitative estimate of drug-likeness (QED) is 0.872. The first-order chi connectivity index (χ1) is 9.93. The lowest BCUT2D eigenvalue weighted by Gasteiger charge is -2.29.